The molecule has 10 heteroatoms. The van der Waals surface area contributed by atoms with Crippen molar-refractivity contribution in [3.05, 3.63) is 87.6 Å². The van der Waals surface area contributed by atoms with Gasteiger partial charge in [0, 0.05) is 62.1 Å². The molecule has 0 unspecified atom stereocenters. The summed E-state index contributed by atoms with van der Waals surface area (Å²) in [6.07, 6.45) is 9.42. The van der Waals surface area contributed by atoms with E-state index in [0.717, 1.165) is 47.4 Å². The van der Waals surface area contributed by atoms with Crippen molar-refractivity contribution in [1.82, 2.24) is 5.32 Å². The van der Waals surface area contributed by atoms with E-state index in [1.807, 2.05) is 28.2 Å². The van der Waals surface area contributed by atoms with E-state index in [-0.39, 0.29) is 23.6 Å². The van der Waals surface area contributed by atoms with Gasteiger partial charge in [0.05, 0.1) is 25.8 Å². The minimum atomic E-state index is -2.20. The highest BCUT2D eigenvalue weighted by Gasteiger charge is 2.40. The summed E-state index contributed by atoms with van der Waals surface area (Å²) in [6.45, 7) is 6.89. The Balaban J connectivity index is 1.59. The van der Waals surface area contributed by atoms with Gasteiger partial charge in [-0.25, -0.2) is 4.58 Å². The maximum Gasteiger partial charge on any atom is 0.251 e. The number of halogens is 1. The van der Waals surface area contributed by atoms with E-state index in [2.05, 4.69) is 64.3 Å². The number of nitrogens with one attached hydrogen (secondary N) is 1. The van der Waals surface area contributed by atoms with Gasteiger partial charge in [-0.2, -0.15) is 0 Å². The molecule has 0 fully saturated rings. The number of hydrogen-bond acceptors (Lipinski definition) is 6. The number of alkyl halides is 1. The minimum absolute atomic E-state index is 0.0197. The molecule has 4 rings (SSSR count). The third kappa shape index (κ3) is 8.07. The fraction of sp³-hybridized carbons (Fsp3) is 0.417. The molecule has 0 bridgehead atoms. The lowest BCUT2D eigenvalue weighted by atomic mass is 9.86. The van der Waals surface area contributed by atoms with Crippen molar-refractivity contribution >= 4 is 53.7 Å². The van der Waals surface area contributed by atoms with Crippen LogP contribution in [0.2, 0.25) is 13.1 Å². The average Bonchev–Trinajstić information content (AvgIpc) is 3.03. The van der Waals surface area contributed by atoms with Crippen molar-refractivity contribution in [2.45, 2.75) is 32.4 Å². The first-order valence-electron chi connectivity index (χ1n) is 15.8. The first-order valence-corrected chi connectivity index (χ1v) is 19.4. The van der Waals surface area contributed by atoms with Crippen LogP contribution >= 0.6 is 11.6 Å². The second kappa shape index (κ2) is 15.9. The molecular weight excluding hydrogens is 618 g/mol. The number of amides is 1. The smallest absolute Gasteiger partial charge is 0.251 e. The number of hydrogen-bond donors (Lipinski definition) is 1. The SMILES string of the molecule is CN(C)c1ccc2c(c1)[Si](C)(C)C1=CC(=[N+](C)C)C=CC1=C2c1ccc(C(=O)NCCOCCOCCCCCCl)cc1C(=O)[O-]. The summed E-state index contributed by atoms with van der Waals surface area (Å²) in [5.74, 6) is -1.03. The van der Waals surface area contributed by atoms with Crippen LogP contribution in [0.4, 0.5) is 5.69 Å². The Bertz CT molecular complexity index is 1590. The second-order valence-corrected chi connectivity index (χ2v) is 17.2. The zero-order chi connectivity index (χ0) is 33.4. The van der Waals surface area contributed by atoms with Crippen LogP contribution in [-0.4, -0.2) is 97.3 Å². The minimum Gasteiger partial charge on any atom is -0.545 e. The fourth-order valence-electron chi connectivity index (χ4n) is 5.88. The number of unbranched alkanes of at least 4 members (excludes halogenated alkanes) is 2. The van der Waals surface area contributed by atoms with Crippen molar-refractivity contribution < 1.29 is 28.7 Å². The molecule has 2 aromatic carbocycles. The van der Waals surface area contributed by atoms with Gasteiger partial charge >= 0.3 is 0 Å². The monoisotopic (exact) mass is 663 g/mol. The molecule has 1 aliphatic heterocycles. The number of allylic oxidation sites excluding steroid dienone is 5. The molecule has 2 aromatic rings. The number of nitrogens with zero attached hydrogens (tertiary/aromatic N) is 2. The van der Waals surface area contributed by atoms with Crippen LogP contribution < -0.4 is 20.5 Å². The number of carboxylic acid groups (broad SMARTS) is 1. The number of carbonyl (C=O) groups excluding carboxylic acids is 2. The Labute approximate surface area is 279 Å². The zero-order valence-corrected chi connectivity index (χ0v) is 29.6. The van der Waals surface area contributed by atoms with Crippen molar-refractivity contribution in [3.8, 4) is 0 Å². The van der Waals surface area contributed by atoms with Crippen LogP contribution in [0.5, 0.6) is 0 Å². The molecule has 8 nitrogen and oxygen atoms in total. The average molecular weight is 664 g/mol. The Kier molecular flexibility index (Phi) is 12.2. The van der Waals surface area contributed by atoms with Crippen LogP contribution in [0.3, 0.4) is 0 Å². The summed E-state index contributed by atoms with van der Waals surface area (Å²) >= 11 is 5.68. The van der Waals surface area contributed by atoms with Gasteiger partial charge in [0.1, 0.15) is 22.2 Å². The number of ether oxygens (including phenoxy) is 2. The highest BCUT2D eigenvalue weighted by Crippen LogP contribution is 2.42. The van der Waals surface area contributed by atoms with Crippen LogP contribution in [0.15, 0.2) is 65.4 Å². The van der Waals surface area contributed by atoms with E-state index >= 15 is 0 Å². The Morgan fingerprint density at radius 2 is 1.65 bits per heavy atom. The Morgan fingerprint density at radius 3 is 2.33 bits per heavy atom. The molecule has 1 aliphatic carbocycles. The van der Waals surface area contributed by atoms with Crippen LogP contribution in [0.25, 0.3) is 5.57 Å². The van der Waals surface area contributed by atoms with E-state index < -0.39 is 14.0 Å². The van der Waals surface area contributed by atoms with Crippen LogP contribution in [0.1, 0.15) is 51.1 Å². The molecule has 0 aromatic heterocycles. The van der Waals surface area contributed by atoms with Crippen LogP contribution in [0, 0.1) is 0 Å². The molecule has 46 heavy (non-hydrogen) atoms. The van der Waals surface area contributed by atoms with Crippen molar-refractivity contribution in [2.75, 3.05) is 71.9 Å². The van der Waals surface area contributed by atoms with Gasteiger partial charge in [0.25, 0.3) is 5.91 Å². The molecule has 0 spiro atoms. The van der Waals surface area contributed by atoms with E-state index in [1.165, 1.54) is 16.4 Å². The quantitative estimate of drug-likeness (QED) is 0.135. The van der Waals surface area contributed by atoms with Gasteiger partial charge in [0.15, 0.2) is 5.71 Å². The molecule has 246 valence electrons. The predicted molar refractivity (Wildman–Crippen MR) is 188 cm³/mol. The van der Waals surface area contributed by atoms with E-state index in [1.54, 1.807) is 12.1 Å². The topological polar surface area (TPSA) is 93.9 Å². The summed E-state index contributed by atoms with van der Waals surface area (Å²) in [5.41, 5.74) is 5.82. The summed E-state index contributed by atoms with van der Waals surface area (Å²) in [6, 6.07) is 11.3. The number of aromatic carboxylic acids is 1. The molecule has 0 saturated heterocycles. The number of carbonyl (C=O) groups is 2. The second-order valence-electron chi connectivity index (χ2n) is 12.5. The molecule has 1 amide bonds. The molecule has 2 aliphatic rings. The third-order valence-corrected chi connectivity index (χ3v) is 12.3. The standard InChI is InChI=1S/C36H46ClN3O5Si/c1-39(2)26-11-14-29-32(23-26)46(5,6)33-24-27(40(3)4)12-15-30(33)34(29)28-13-10-25(22-31(28)36(42)43)35(41)38-17-19-45-21-20-44-18-9-7-8-16-37/h10-15,22-24H,7-9,16-21H2,1-6H3,(H-,38,41,42,43). The third-order valence-electron chi connectivity index (χ3n) is 8.52. The lowest BCUT2D eigenvalue weighted by Gasteiger charge is -2.38. The van der Waals surface area contributed by atoms with Gasteiger partial charge in [0.2, 0.25) is 0 Å². The zero-order valence-electron chi connectivity index (χ0n) is 27.9. The summed E-state index contributed by atoms with van der Waals surface area (Å²) in [5, 5.41) is 17.9. The molecule has 1 N–H and O–H groups in total. The highest BCUT2D eigenvalue weighted by molar-refractivity contribution is 6.98. The predicted octanol–water partition coefficient (Wildman–Crippen LogP) is 3.77. The first-order chi connectivity index (χ1) is 22.0. The van der Waals surface area contributed by atoms with E-state index in [9.17, 15) is 14.7 Å². The number of rotatable bonds is 15. The molecule has 0 atom stereocenters. The Hall–Kier alpha value is -3.50. The van der Waals surface area contributed by atoms with Gasteiger partial charge in [-0.15, -0.1) is 11.6 Å². The van der Waals surface area contributed by atoms with Gasteiger partial charge in [-0.3, -0.25) is 4.79 Å². The lowest BCUT2D eigenvalue weighted by molar-refractivity contribution is -0.462. The van der Waals surface area contributed by atoms with Crippen molar-refractivity contribution in [2.24, 2.45) is 0 Å². The van der Waals surface area contributed by atoms with E-state index in [4.69, 9.17) is 21.1 Å². The molecule has 1 heterocycles. The summed E-state index contributed by atoms with van der Waals surface area (Å²) in [4.78, 5) is 27.7. The normalized spacial score (nSPS) is 14.8. The summed E-state index contributed by atoms with van der Waals surface area (Å²) < 4.78 is 13.2. The molecular formula is C36H46ClN3O5Si. The fourth-order valence-corrected chi connectivity index (χ4v) is 9.14. The number of anilines is 1. The number of benzene rings is 2. The highest BCUT2D eigenvalue weighted by atomic mass is 35.5. The lowest BCUT2D eigenvalue weighted by Crippen LogP contribution is -2.50. The maximum absolute atomic E-state index is 13.0. The van der Waals surface area contributed by atoms with Crippen molar-refractivity contribution in [1.29, 1.82) is 0 Å². The summed E-state index contributed by atoms with van der Waals surface area (Å²) in [7, 11) is 5.89. The largest absolute Gasteiger partial charge is 0.545 e. The van der Waals surface area contributed by atoms with Crippen molar-refractivity contribution in [3.63, 3.8) is 0 Å². The van der Waals surface area contributed by atoms with Gasteiger partial charge in [-0.05, 0) is 82.3 Å². The van der Waals surface area contributed by atoms with Crippen LogP contribution in [-0.2, 0) is 9.47 Å². The van der Waals surface area contributed by atoms with Gasteiger partial charge in [-0.1, -0.05) is 25.2 Å². The molecule has 0 radical (unpaired) electrons. The number of carboxylic acids is 1. The molecule has 0 saturated carbocycles. The first kappa shape index (κ1) is 35.4. The maximum atomic E-state index is 13.0. The van der Waals surface area contributed by atoms with Gasteiger partial charge < -0.3 is 29.6 Å². The number of fused-ring (bicyclic) bond motifs is 2. The Morgan fingerprint density at radius 1 is 0.935 bits per heavy atom. The van der Waals surface area contributed by atoms with E-state index in [0.29, 0.717) is 37.9 Å².